The van der Waals surface area contributed by atoms with E-state index in [1.54, 1.807) is 25.1 Å². The van der Waals surface area contributed by atoms with Crippen LogP contribution in [0.1, 0.15) is 34.0 Å². The number of piperazine rings is 1. The SMILES string of the molecule is Cc1cccc(N2CCN(c3ncc(NS(=O)(=O)c4ccc(C)cc4C)cc3C(=O)O)CC2C)c1.O=C(O)C(F)(F)F. The third kappa shape index (κ3) is 7.90. The predicted molar refractivity (Wildman–Crippen MR) is 152 cm³/mol. The van der Waals surface area contributed by atoms with Crippen molar-refractivity contribution in [1.29, 1.82) is 0 Å². The molecule has 10 nitrogen and oxygen atoms in total. The van der Waals surface area contributed by atoms with Gasteiger partial charge in [-0.2, -0.15) is 13.2 Å². The summed E-state index contributed by atoms with van der Waals surface area (Å²) in [5.74, 6) is -3.58. The van der Waals surface area contributed by atoms with Gasteiger partial charge in [0, 0.05) is 31.4 Å². The maximum Gasteiger partial charge on any atom is 0.490 e. The van der Waals surface area contributed by atoms with Crippen molar-refractivity contribution in [3.8, 4) is 0 Å². The van der Waals surface area contributed by atoms with Gasteiger partial charge in [-0.05, 0) is 63.1 Å². The van der Waals surface area contributed by atoms with Crippen LogP contribution in [0.15, 0.2) is 59.6 Å². The topological polar surface area (TPSA) is 140 Å². The van der Waals surface area contributed by atoms with Crippen molar-refractivity contribution in [2.75, 3.05) is 34.2 Å². The molecule has 1 aliphatic rings. The summed E-state index contributed by atoms with van der Waals surface area (Å²) in [6, 6.07) is 14.8. The van der Waals surface area contributed by atoms with E-state index in [2.05, 4.69) is 46.7 Å². The number of carbonyl (C=O) groups is 2. The van der Waals surface area contributed by atoms with Crippen LogP contribution in [0.3, 0.4) is 0 Å². The zero-order valence-electron chi connectivity index (χ0n) is 23.3. The molecule has 1 aliphatic heterocycles. The first kappa shape index (κ1) is 32.2. The minimum Gasteiger partial charge on any atom is -0.478 e. The van der Waals surface area contributed by atoms with Gasteiger partial charge in [-0.1, -0.05) is 29.8 Å². The lowest BCUT2D eigenvalue weighted by atomic mass is 10.1. The maximum atomic E-state index is 12.9. The van der Waals surface area contributed by atoms with Gasteiger partial charge in [0.25, 0.3) is 10.0 Å². The number of rotatable bonds is 6. The molecule has 0 spiro atoms. The predicted octanol–water partition coefficient (Wildman–Crippen LogP) is 4.85. The highest BCUT2D eigenvalue weighted by molar-refractivity contribution is 7.92. The molecule has 42 heavy (non-hydrogen) atoms. The first-order chi connectivity index (χ1) is 19.5. The number of carboxylic acid groups (broad SMARTS) is 2. The summed E-state index contributed by atoms with van der Waals surface area (Å²) in [4.78, 5) is 29.8. The van der Waals surface area contributed by atoms with E-state index in [0.29, 0.717) is 31.0 Å². The van der Waals surface area contributed by atoms with Gasteiger partial charge in [0.2, 0.25) is 0 Å². The molecule has 0 saturated carbocycles. The van der Waals surface area contributed by atoms with Crippen LogP contribution in [-0.2, 0) is 14.8 Å². The molecule has 1 fully saturated rings. The minimum absolute atomic E-state index is 0.0398. The molecule has 14 heteroatoms. The molecule has 1 atom stereocenters. The number of nitrogens with one attached hydrogen (secondary N) is 1. The third-order valence-electron chi connectivity index (χ3n) is 6.47. The number of aryl methyl sites for hydroxylation is 3. The molecular weight excluding hydrogens is 577 g/mol. The van der Waals surface area contributed by atoms with Crippen LogP contribution in [0, 0.1) is 20.8 Å². The van der Waals surface area contributed by atoms with E-state index in [9.17, 15) is 31.5 Å². The number of aromatic nitrogens is 1. The van der Waals surface area contributed by atoms with Gasteiger partial charge in [0.05, 0.1) is 16.8 Å². The molecule has 3 aromatic rings. The van der Waals surface area contributed by atoms with Gasteiger partial charge in [-0.15, -0.1) is 0 Å². The number of sulfonamides is 1. The third-order valence-corrected chi connectivity index (χ3v) is 8.01. The monoisotopic (exact) mass is 608 g/mol. The highest BCUT2D eigenvalue weighted by atomic mass is 32.2. The summed E-state index contributed by atoms with van der Waals surface area (Å²) in [7, 11) is -3.89. The number of nitrogens with zero attached hydrogens (tertiary/aromatic N) is 3. The number of carboxylic acids is 2. The normalized spacial score (nSPS) is 15.5. The molecule has 1 saturated heterocycles. The number of aliphatic carboxylic acids is 1. The van der Waals surface area contributed by atoms with Crippen LogP contribution in [0.2, 0.25) is 0 Å². The molecule has 0 bridgehead atoms. The second kappa shape index (κ2) is 12.7. The number of benzene rings is 2. The molecule has 0 aliphatic carbocycles. The fourth-order valence-corrected chi connectivity index (χ4v) is 5.84. The average molecular weight is 609 g/mol. The van der Waals surface area contributed by atoms with Crippen LogP contribution >= 0.6 is 0 Å². The lowest BCUT2D eigenvalue weighted by Gasteiger charge is -2.42. The maximum absolute atomic E-state index is 12.9. The number of hydrogen-bond acceptors (Lipinski definition) is 7. The van der Waals surface area contributed by atoms with Gasteiger partial charge in [-0.3, -0.25) is 4.72 Å². The lowest BCUT2D eigenvalue weighted by Crippen LogP contribution is -2.52. The first-order valence-corrected chi connectivity index (χ1v) is 14.2. The van der Waals surface area contributed by atoms with Crippen molar-refractivity contribution in [3.05, 3.63) is 77.0 Å². The van der Waals surface area contributed by atoms with Crippen molar-refractivity contribution in [1.82, 2.24) is 4.98 Å². The zero-order chi connectivity index (χ0) is 31.4. The molecular formula is C28H31F3N4O6S. The Hall–Kier alpha value is -4.33. The summed E-state index contributed by atoms with van der Waals surface area (Å²) in [6.45, 7) is 9.68. The average Bonchev–Trinajstić information content (AvgIpc) is 2.88. The molecule has 2 heterocycles. The number of alkyl halides is 3. The van der Waals surface area contributed by atoms with E-state index in [1.165, 1.54) is 17.8 Å². The van der Waals surface area contributed by atoms with Crippen molar-refractivity contribution in [3.63, 3.8) is 0 Å². The number of pyridine rings is 1. The van der Waals surface area contributed by atoms with Crippen LogP contribution in [0.4, 0.5) is 30.4 Å². The minimum atomic E-state index is -5.08. The number of anilines is 3. The van der Waals surface area contributed by atoms with E-state index in [1.807, 2.05) is 17.9 Å². The van der Waals surface area contributed by atoms with Crippen molar-refractivity contribution < 1.29 is 41.4 Å². The summed E-state index contributed by atoms with van der Waals surface area (Å²) in [5.41, 5.74) is 3.96. The van der Waals surface area contributed by atoms with Crippen molar-refractivity contribution in [2.24, 2.45) is 0 Å². The molecule has 2 aromatic carbocycles. The Morgan fingerprint density at radius 1 is 1.00 bits per heavy atom. The Morgan fingerprint density at radius 3 is 2.19 bits per heavy atom. The van der Waals surface area contributed by atoms with E-state index in [4.69, 9.17) is 9.90 Å². The second-order valence-electron chi connectivity index (χ2n) is 9.91. The van der Waals surface area contributed by atoms with Crippen LogP contribution in [0.5, 0.6) is 0 Å². The number of halogens is 3. The fourth-order valence-electron chi connectivity index (χ4n) is 4.57. The van der Waals surface area contributed by atoms with Gasteiger partial charge in [0.1, 0.15) is 11.4 Å². The highest BCUT2D eigenvalue weighted by Gasteiger charge is 2.38. The Bertz CT molecular complexity index is 1580. The molecule has 3 N–H and O–H groups in total. The van der Waals surface area contributed by atoms with Crippen molar-refractivity contribution >= 4 is 39.2 Å². The Morgan fingerprint density at radius 2 is 1.64 bits per heavy atom. The van der Waals surface area contributed by atoms with E-state index >= 15 is 0 Å². The smallest absolute Gasteiger partial charge is 0.478 e. The lowest BCUT2D eigenvalue weighted by molar-refractivity contribution is -0.192. The Labute approximate surface area is 241 Å². The fraction of sp³-hybridized carbons (Fsp3) is 0.321. The van der Waals surface area contributed by atoms with E-state index in [-0.39, 0.29) is 22.2 Å². The van der Waals surface area contributed by atoms with E-state index < -0.39 is 28.1 Å². The number of hydrogen-bond donors (Lipinski definition) is 3. The van der Waals surface area contributed by atoms with Crippen molar-refractivity contribution in [2.45, 2.75) is 44.8 Å². The molecule has 0 amide bonds. The first-order valence-electron chi connectivity index (χ1n) is 12.7. The largest absolute Gasteiger partial charge is 0.490 e. The number of aromatic carboxylic acids is 1. The molecule has 1 unspecified atom stereocenters. The highest BCUT2D eigenvalue weighted by Crippen LogP contribution is 2.28. The second-order valence-corrected chi connectivity index (χ2v) is 11.6. The standard InChI is InChI=1S/C26H30N4O4S.C2HF3O2/c1-17-6-5-7-22(13-17)30-11-10-29(16-20(30)4)25-23(26(31)32)14-21(15-27-25)28-35(33,34)24-9-8-18(2)12-19(24)3;3-2(4,5)1(6)7/h5-9,12-15,20,28H,10-11,16H2,1-4H3,(H,31,32);(H,6,7). The summed E-state index contributed by atoms with van der Waals surface area (Å²) in [6.07, 6.45) is -3.71. The Balaban J connectivity index is 0.000000616. The Kier molecular flexibility index (Phi) is 9.71. The molecule has 0 radical (unpaired) electrons. The molecule has 226 valence electrons. The molecule has 1 aromatic heterocycles. The zero-order valence-corrected chi connectivity index (χ0v) is 24.1. The van der Waals surface area contributed by atoms with Crippen LogP contribution < -0.4 is 14.5 Å². The quantitative estimate of drug-likeness (QED) is 0.358. The van der Waals surface area contributed by atoms with Crippen LogP contribution in [0.25, 0.3) is 0 Å². The van der Waals surface area contributed by atoms with Gasteiger partial charge in [-0.25, -0.2) is 23.0 Å². The molecule has 4 rings (SSSR count). The van der Waals surface area contributed by atoms with Crippen LogP contribution in [-0.4, -0.2) is 67.4 Å². The van der Waals surface area contributed by atoms with Gasteiger partial charge >= 0.3 is 18.1 Å². The summed E-state index contributed by atoms with van der Waals surface area (Å²) < 4.78 is 60.1. The van der Waals surface area contributed by atoms with E-state index in [0.717, 1.165) is 11.3 Å². The van der Waals surface area contributed by atoms with Gasteiger partial charge < -0.3 is 20.0 Å². The summed E-state index contributed by atoms with van der Waals surface area (Å²) >= 11 is 0. The van der Waals surface area contributed by atoms with Gasteiger partial charge in [0.15, 0.2) is 0 Å². The summed E-state index contributed by atoms with van der Waals surface area (Å²) in [5, 5.41) is 17.0.